The third kappa shape index (κ3) is 50.2. The molecule has 0 bridgehead atoms. The van der Waals surface area contributed by atoms with Gasteiger partial charge < -0.3 is 15.5 Å². The molecule has 3 N–H and O–H groups in total. The Morgan fingerprint density at radius 1 is 0.397 bits per heavy atom. The third-order valence-corrected chi connectivity index (χ3v) is 11.8. The molecule has 0 aliphatic carbocycles. The highest BCUT2D eigenvalue weighted by Crippen LogP contribution is 2.15. The second-order valence-electron chi connectivity index (χ2n) is 17.9. The molecule has 2 atom stereocenters. The zero-order valence-corrected chi connectivity index (χ0v) is 41.6. The van der Waals surface area contributed by atoms with Crippen LogP contribution in [0.25, 0.3) is 0 Å². The van der Waals surface area contributed by atoms with Crippen molar-refractivity contribution in [3.8, 4) is 0 Å². The van der Waals surface area contributed by atoms with Crippen molar-refractivity contribution < 1.29 is 15.0 Å². The van der Waals surface area contributed by atoms with Crippen LogP contribution in [0, 0.1) is 0 Å². The van der Waals surface area contributed by atoms with E-state index in [-0.39, 0.29) is 12.5 Å². The van der Waals surface area contributed by atoms with Gasteiger partial charge in [0.25, 0.3) is 0 Å². The lowest BCUT2D eigenvalue weighted by Crippen LogP contribution is -2.45. The highest BCUT2D eigenvalue weighted by Gasteiger charge is 2.17. The van der Waals surface area contributed by atoms with E-state index >= 15 is 0 Å². The quantitative estimate of drug-likeness (QED) is 0.0421. The van der Waals surface area contributed by atoms with Gasteiger partial charge in [-0.2, -0.15) is 0 Å². The molecule has 0 radical (unpaired) electrons. The fraction of sp³-hybridized carbons (Fsp3) is 0.712. The van der Waals surface area contributed by atoms with Crippen LogP contribution in [0.2, 0.25) is 0 Å². The van der Waals surface area contributed by atoms with Gasteiger partial charge >= 0.3 is 0 Å². The Hall–Kier alpha value is -2.69. The van der Waals surface area contributed by atoms with Crippen LogP contribution < -0.4 is 5.32 Å². The summed E-state index contributed by atoms with van der Waals surface area (Å²) in [7, 11) is 0. The predicted molar refractivity (Wildman–Crippen MR) is 280 cm³/mol. The zero-order valence-electron chi connectivity index (χ0n) is 41.6. The van der Waals surface area contributed by atoms with Crippen molar-refractivity contribution in [3.05, 3.63) is 97.2 Å². The zero-order chi connectivity index (χ0) is 45.6. The van der Waals surface area contributed by atoms with Gasteiger partial charge in [-0.05, 0) is 89.9 Å². The van der Waals surface area contributed by atoms with Crippen LogP contribution in [0.5, 0.6) is 0 Å². The third-order valence-electron chi connectivity index (χ3n) is 11.8. The minimum absolute atomic E-state index is 0.0917. The fourth-order valence-electron chi connectivity index (χ4n) is 7.71. The van der Waals surface area contributed by atoms with Crippen molar-refractivity contribution in [1.82, 2.24) is 5.32 Å². The smallest absolute Gasteiger partial charge is 0.220 e. The first-order valence-corrected chi connectivity index (χ1v) is 27.0. The molecule has 2 unspecified atom stereocenters. The van der Waals surface area contributed by atoms with Gasteiger partial charge in [-0.25, -0.2) is 0 Å². The van der Waals surface area contributed by atoms with Crippen molar-refractivity contribution in [1.29, 1.82) is 0 Å². The van der Waals surface area contributed by atoms with Gasteiger partial charge in [-0.1, -0.05) is 252 Å². The number of carbonyl (C=O) groups is 1. The standard InChI is InChI=1S/C59H103NO3/c1-3-5-7-9-11-13-15-17-19-21-23-25-27-28-29-30-31-33-34-36-38-40-42-44-46-48-50-52-54-58(62)57(56-61)60-59(63)55-53-51-49-47-45-43-41-39-37-35-32-26-24-22-20-18-16-14-12-10-8-6-4-2/h6,8,12,14,18,20,24,26,35-38,44,46,52,54,57-58,61-62H,3-5,7,9-11,13,15-17,19,21-23,25,27-34,39-43,45,47-51,53,55-56H2,1-2H3,(H,60,63)/b8-6-,14-12-,20-18-,26-24-,37-35-,38-36+,46-44+,54-52+. The number of carbonyl (C=O) groups excluding carboxylic acids is 1. The monoisotopic (exact) mass is 874 g/mol. The summed E-state index contributed by atoms with van der Waals surface area (Å²) < 4.78 is 0. The van der Waals surface area contributed by atoms with Crippen molar-refractivity contribution in [3.63, 3.8) is 0 Å². The SMILES string of the molecule is CC/C=C\C/C=C\C/C=C\C/C=C\C/C=C\CCCCCCCCCC(=O)NC(CO)C(O)/C=C/CC/C=C/CC/C=C/CCCCCCCCCCCCCCCCCCCC. The molecule has 0 fully saturated rings. The summed E-state index contributed by atoms with van der Waals surface area (Å²) in [4.78, 5) is 12.4. The van der Waals surface area contributed by atoms with E-state index in [0.29, 0.717) is 6.42 Å². The summed E-state index contributed by atoms with van der Waals surface area (Å²) in [5, 5.41) is 23.1. The lowest BCUT2D eigenvalue weighted by atomic mass is 10.0. The molecule has 0 aromatic heterocycles. The maximum atomic E-state index is 12.4. The Bertz CT molecular complexity index is 1170. The summed E-state index contributed by atoms with van der Waals surface area (Å²) in [6.07, 6.45) is 79.8. The van der Waals surface area contributed by atoms with Gasteiger partial charge in [-0.15, -0.1) is 0 Å². The van der Waals surface area contributed by atoms with E-state index in [2.05, 4.69) is 104 Å². The fourth-order valence-corrected chi connectivity index (χ4v) is 7.71. The summed E-state index contributed by atoms with van der Waals surface area (Å²) in [5.74, 6) is -0.0917. The molecule has 0 aliphatic heterocycles. The van der Waals surface area contributed by atoms with Gasteiger partial charge in [0.1, 0.15) is 0 Å². The van der Waals surface area contributed by atoms with Crippen LogP contribution in [0.3, 0.4) is 0 Å². The number of hydrogen-bond donors (Lipinski definition) is 3. The molecule has 362 valence electrons. The normalized spacial score (nSPS) is 13.7. The number of unbranched alkanes of at least 4 members (excludes halogenated alkanes) is 27. The van der Waals surface area contributed by atoms with E-state index < -0.39 is 12.1 Å². The van der Waals surface area contributed by atoms with E-state index in [1.54, 1.807) is 6.08 Å². The molecule has 0 heterocycles. The number of aliphatic hydroxyl groups excluding tert-OH is 2. The molecule has 0 saturated carbocycles. The first kappa shape index (κ1) is 60.3. The van der Waals surface area contributed by atoms with Crippen molar-refractivity contribution >= 4 is 5.91 Å². The molecule has 0 aromatic carbocycles. The van der Waals surface area contributed by atoms with Crippen LogP contribution in [-0.2, 0) is 4.79 Å². The number of amides is 1. The lowest BCUT2D eigenvalue weighted by molar-refractivity contribution is -0.123. The Morgan fingerprint density at radius 2 is 0.714 bits per heavy atom. The molecule has 4 heteroatoms. The van der Waals surface area contributed by atoms with E-state index in [9.17, 15) is 15.0 Å². The number of aliphatic hydroxyl groups is 2. The highest BCUT2D eigenvalue weighted by molar-refractivity contribution is 5.76. The summed E-state index contributed by atoms with van der Waals surface area (Å²) in [6, 6.07) is -0.659. The molecule has 0 aromatic rings. The molecule has 0 aliphatic rings. The summed E-state index contributed by atoms with van der Waals surface area (Å²) in [6.45, 7) is 4.18. The van der Waals surface area contributed by atoms with Gasteiger partial charge in [0.05, 0.1) is 18.8 Å². The van der Waals surface area contributed by atoms with E-state index in [4.69, 9.17) is 0 Å². The van der Waals surface area contributed by atoms with Gasteiger partial charge in [0.2, 0.25) is 5.91 Å². The predicted octanol–water partition coefficient (Wildman–Crippen LogP) is 17.7. The second kappa shape index (κ2) is 53.6. The van der Waals surface area contributed by atoms with E-state index in [1.165, 1.54) is 148 Å². The van der Waals surface area contributed by atoms with Crippen molar-refractivity contribution in [2.75, 3.05) is 6.61 Å². The largest absolute Gasteiger partial charge is 0.394 e. The molecule has 1 amide bonds. The van der Waals surface area contributed by atoms with Gasteiger partial charge in [-0.3, -0.25) is 4.79 Å². The Kier molecular flexibility index (Phi) is 51.4. The Balaban J connectivity index is 3.63. The molecule has 4 nitrogen and oxygen atoms in total. The first-order valence-electron chi connectivity index (χ1n) is 27.0. The molecule has 0 rings (SSSR count). The molecule has 0 spiro atoms. The Morgan fingerprint density at radius 3 is 1.11 bits per heavy atom. The van der Waals surface area contributed by atoms with Gasteiger partial charge in [0, 0.05) is 6.42 Å². The number of hydrogen-bond acceptors (Lipinski definition) is 3. The Labute approximate surface area is 392 Å². The van der Waals surface area contributed by atoms with Crippen molar-refractivity contribution in [2.45, 2.75) is 264 Å². The van der Waals surface area contributed by atoms with Crippen LogP contribution in [0.15, 0.2) is 97.2 Å². The molecule has 0 saturated heterocycles. The molecular weight excluding hydrogens is 771 g/mol. The molecular formula is C59H103NO3. The summed E-state index contributed by atoms with van der Waals surface area (Å²) >= 11 is 0. The average molecular weight is 874 g/mol. The highest BCUT2D eigenvalue weighted by atomic mass is 16.3. The van der Waals surface area contributed by atoms with Gasteiger partial charge in [0.15, 0.2) is 0 Å². The minimum atomic E-state index is -0.883. The maximum absolute atomic E-state index is 12.4. The van der Waals surface area contributed by atoms with E-state index in [0.717, 1.165) is 83.5 Å². The average Bonchev–Trinajstić information content (AvgIpc) is 3.29. The maximum Gasteiger partial charge on any atom is 0.220 e. The first-order chi connectivity index (χ1) is 31.2. The topological polar surface area (TPSA) is 69.6 Å². The number of rotatable bonds is 48. The van der Waals surface area contributed by atoms with E-state index in [1.807, 2.05) is 6.08 Å². The lowest BCUT2D eigenvalue weighted by Gasteiger charge is -2.19. The summed E-state index contributed by atoms with van der Waals surface area (Å²) in [5.41, 5.74) is 0. The van der Waals surface area contributed by atoms with Crippen molar-refractivity contribution in [2.24, 2.45) is 0 Å². The number of allylic oxidation sites excluding steroid dienone is 15. The molecule has 63 heavy (non-hydrogen) atoms. The van der Waals surface area contributed by atoms with Crippen LogP contribution in [-0.4, -0.2) is 34.9 Å². The minimum Gasteiger partial charge on any atom is -0.394 e. The van der Waals surface area contributed by atoms with Crippen LogP contribution in [0.4, 0.5) is 0 Å². The second-order valence-corrected chi connectivity index (χ2v) is 17.9. The number of nitrogens with one attached hydrogen (secondary N) is 1. The van der Waals surface area contributed by atoms with Crippen LogP contribution in [0.1, 0.15) is 251 Å². The van der Waals surface area contributed by atoms with Crippen LogP contribution >= 0.6 is 0 Å².